The van der Waals surface area contributed by atoms with Gasteiger partial charge < -0.3 is 11.1 Å². The fraction of sp³-hybridized carbons (Fsp3) is 0.375. The van der Waals surface area contributed by atoms with Gasteiger partial charge in [0.15, 0.2) is 0 Å². The molecule has 1 fully saturated rings. The summed E-state index contributed by atoms with van der Waals surface area (Å²) in [6.45, 7) is 0. The molecule has 0 bridgehead atoms. The van der Waals surface area contributed by atoms with Gasteiger partial charge in [-0.2, -0.15) is 0 Å². The Kier molecular flexibility index (Phi) is 1.84. The minimum atomic E-state index is -0.180. The molecule has 1 amide bonds. The maximum absolute atomic E-state index is 11.4. The van der Waals surface area contributed by atoms with Crippen molar-refractivity contribution >= 4 is 11.7 Å². The summed E-state index contributed by atoms with van der Waals surface area (Å²) >= 11 is 0. The SMILES string of the molecule is Nc1ncncc1C(=O)NC1CC1. The first-order valence-corrected chi connectivity index (χ1v) is 4.13. The zero-order valence-electron chi connectivity index (χ0n) is 7.03. The summed E-state index contributed by atoms with van der Waals surface area (Å²) in [4.78, 5) is 18.9. The van der Waals surface area contributed by atoms with Gasteiger partial charge in [0.2, 0.25) is 0 Å². The maximum atomic E-state index is 11.4. The predicted octanol–water partition coefficient (Wildman–Crippen LogP) is -0.0490. The Morgan fingerprint density at radius 2 is 2.38 bits per heavy atom. The highest BCUT2D eigenvalue weighted by Gasteiger charge is 2.24. The second kappa shape index (κ2) is 3.01. The fourth-order valence-electron chi connectivity index (χ4n) is 1.00. The molecule has 5 heteroatoms. The number of hydrogen-bond acceptors (Lipinski definition) is 4. The van der Waals surface area contributed by atoms with Gasteiger partial charge in [0.05, 0.1) is 5.56 Å². The van der Waals surface area contributed by atoms with Crippen molar-refractivity contribution in [1.82, 2.24) is 15.3 Å². The second-order valence-corrected chi connectivity index (χ2v) is 3.07. The molecule has 3 N–H and O–H groups in total. The van der Waals surface area contributed by atoms with E-state index < -0.39 is 0 Å². The standard InChI is InChI=1S/C8H10N4O/c9-7-6(3-10-4-11-7)8(13)12-5-1-2-5/h3-5H,1-2H2,(H,12,13)(H2,9,10,11). The molecule has 1 aliphatic rings. The van der Waals surface area contributed by atoms with Gasteiger partial charge in [-0.25, -0.2) is 9.97 Å². The molecule has 1 saturated carbocycles. The number of nitrogen functional groups attached to an aromatic ring is 1. The average molecular weight is 178 g/mol. The largest absolute Gasteiger partial charge is 0.383 e. The van der Waals surface area contributed by atoms with Crippen LogP contribution in [0.15, 0.2) is 12.5 Å². The van der Waals surface area contributed by atoms with E-state index in [0.717, 1.165) is 12.8 Å². The van der Waals surface area contributed by atoms with Crippen molar-refractivity contribution in [1.29, 1.82) is 0 Å². The molecule has 0 aromatic carbocycles. The quantitative estimate of drug-likeness (QED) is 0.665. The number of carbonyl (C=O) groups excluding carboxylic acids is 1. The molecule has 1 heterocycles. The van der Waals surface area contributed by atoms with Gasteiger partial charge in [0, 0.05) is 12.2 Å². The molecule has 0 atom stereocenters. The lowest BCUT2D eigenvalue weighted by molar-refractivity contribution is 0.0951. The van der Waals surface area contributed by atoms with E-state index in [4.69, 9.17) is 5.73 Å². The minimum absolute atomic E-state index is 0.180. The number of aromatic nitrogens is 2. The second-order valence-electron chi connectivity index (χ2n) is 3.07. The van der Waals surface area contributed by atoms with Crippen molar-refractivity contribution < 1.29 is 4.79 Å². The molecule has 0 aliphatic heterocycles. The summed E-state index contributed by atoms with van der Waals surface area (Å²) in [6, 6.07) is 0.326. The van der Waals surface area contributed by atoms with Crippen molar-refractivity contribution in [3.05, 3.63) is 18.1 Å². The lowest BCUT2D eigenvalue weighted by Gasteiger charge is -2.03. The summed E-state index contributed by atoms with van der Waals surface area (Å²) in [5, 5.41) is 2.81. The Morgan fingerprint density at radius 3 is 3.00 bits per heavy atom. The highest BCUT2D eigenvalue weighted by Crippen LogP contribution is 2.19. The molecule has 13 heavy (non-hydrogen) atoms. The monoisotopic (exact) mass is 178 g/mol. The molecular weight excluding hydrogens is 168 g/mol. The van der Waals surface area contributed by atoms with Crippen LogP contribution in [0.1, 0.15) is 23.2 Å². The molecule has 0 saturated heterocycles. The van der Waals surface area contributed by atoms with E-state index in [2.05, 4.69) is 15.3 Å². The molecule has 68 valence electrons. The van der Waals surface area contributed by atoms with E-state index >= 15 is 0 Å². The Hall–Kier alpha value is -1.65. The maximum Gasteiger partial charge on any atom is 0.256 e. The van der Waals surface area contributed by atoms with Crippen molar-refractivity contribution in [3.8, 4) is 0 Å². The third-order valence-electron chi connectivity index (χ3n) is 1.90. The first kappa shape index (κ1) is 7.97. The third kappa shape index (κ3) is 1.74. The summed E-state index contributed by atoms with van der Waals surface area (Å²) < 4.78 is 0. The van der Waals surface area contributed by atoms with Crippen molar-refractivity contribution in [3.63, 3.8) is 0 Å². The predicted molar refractivity (Wildman–Crippen MR) is 46.9 cm³/mol. The van der Waals surface area contributed by atoms with E-state index in [1.807, 2.05) is 0 Å². The van der Waals surface area contributed by atoms with Crippen LogP contribution < -0.4 is 11.1 Å². The number of nitrogens with two attached hydrogens (primary N) is 1. The van der Waals surface area contributed by atoms with E-state index in [1.165, 1.54) is 12.5 Å². The molecule has 1 aromatic rings. The van der Waals surface area contributed by atoms with Gasteiger partial charge in [-0.05, 0) is 12.8 Å². The first-order chi connectivity index (χ1) is 6.27. The van der Waals surface area contributed by atoms with E-state index in [9.17, 15) is 4.79 Å². The zero-order chi connectivity index (χ0) is 9.26. The van der Waals surface area contributed by atoms with Crippen molar-refractivity contribution in [2.45, 2.75) is 18.9 Å². The lowest BCUT2D eigenvalue weighted by atomic mass is 10.3. The van der Waals surface area contributed by atoms with Crippen LogP contribution in [-0.4, -0.2) is 21.9 Å². The number of nitrogens with one attached hydrogen (secondary N) is 1. The van der Waals surface area contributed by atoms with E-state index in [-0.39, 0.29) is 11.7 Å². The van der Waals surface area contributed by atoms with Gasteiger partial charge >= 0.3 is 0 Å². The van der Waals surface area contributed by atoms with E-state index in [1.54, 1.807) is 0 Å². The van der Waals surface area contributed by atoms with Crippen LogP contribution in [0.3, 0.4) is 0 Å². The van der Waals surface area contributed by atoms with Gasteiger partial charge in [0.25, 0.3) is 5.91 Å². The third-order valence-corrected chi connectivity index (χ3v) is 1.90. The van der Waals surface area contributed by atoms with Crippen LogP contribution in [0.5, 0.6) is 0 Å². The van der Waals surface area contributed by atoms with Crippen LogP contribution in [0, 0.1) is 0 Å². The first-order valence-electron chi connectivity index (χ1n) is 4.13. The Morgan fingerprint density at radius 1 is 1.62 bits per heavy atom. The molecule has 2 rings (SSSR count). The topological polar surface area (TPSA) is 80.9 Å². The number of rotatable bonds is 2. The Balaban J connectivity index is 2.13. The molecule has 1 aliphatic carbocycles. The molecule has 5 nitrogen and oxygen atoms in total. The van der Waals surface area contributed by atoms with Crippen LogP contribution in [-0.2, 0) is 0 Å². The van der Waals surface area contributed by atoms with Crippen molar-refractivity contribution in [2.24, 2.45) is 0 Å². The summed E-state index contributed by atoms with van der Waals surface area (Å²) in [5.41, 5.74) is 5.86. The van der Waals surface area contributed by atoms with Crippen LogP contribution in [0.2, 0.25) is 0 Å². The van der Waals surface area contributed by atoms with Crippen LogP contribution in [0.4, 0.5) is 5.82 Å². The van der Waals surface area contributed by atoms with E-state index in [0.29, 0.717) is 11.6 Å². The van der Waals surface area contributed by atoms with Gasteiger partial charge in [-0.1, -0.05) is 0 Å². The average Bonchev–Trinajstić information content (AvgIpc) is 2.89. The molecule has 1 aromatic heterocycles. The molecule has 0 spiro atoms. The number of hydrogen-bond donors (Lipinski definition) is 2. The fourth-order valence-corrected chi connectivity index (χ4v) is 1.00. The normalized spacial score (nSPS) is 15.4. The highest BCUT2D eigenvalue weighted by molar-refractivity contribution is 5.98. The Bertz CT molecular complexity index is 335. The van der Waals surface area contributed by atoms with Gasteiger partial charge in [-0.15, -0.1) is 0 Å². The number of carbonyl (C=O) groups is 1. The summed E-state index contributed by atoms with van der Waals surface area (Å²) in [6.07, 6.45) is 4.86. The van der Waals surface area contributed by atoms with Crippen molar-refractivity contribution in [2.75, 3.05) is 5.73 Å². The van der Waals surface area contributed by atoms with Gasteiger partial charge in [0.1, 0.15) is 12.1 Å². The smallest absolute Gasteiger partial charge is 0.256 e. The Labute approximate surface area is 75.4 Å². The minimum Gasteiger partial charge on any atom is -0.383 e. The van der Waals surface area contributed by atoms with Crippen LogP contribution in [0.25, 0.3) is 0 Å². The number of anilines is 1. The molecule has 0 unspecified atom stereocenters. The molecular formula is C8H10N4O. The zero-order valence-corrected chi connectivity index (χ0v) is 7.03. The highest BCUT2D eigenvalue weighted by atomic mass is 16.1. The van der Waals surface area contributed by atoms with Gasteiger partial charge in [-0.3, -0.25) is 4.79 Å². The van der Waals surface area contributed by atoms with Crippen LogP contribution >= 0.6 is 0 Å². The molecule has 0 radical (unpaired) electrons. The summed E-state index contributed by atoms with van der Waals surface area (Å²) in [7, 11) is 0. The lowest BCUT2D eigenvalue weighted by Crippen LogP contribution is -2.26. The number of amides is 1. The number of nitrogens with zero attached hydrogens (tertiary/aromatic N) is 2. The summed E-state index contributed by atoms with van der Waals surface area (Å²) in [5.74, 6) is 0.0498.